The molecule has 0 spiro atoms. The molecule has 0 atom stereocenters. The minimum absolute atomic E-state index is 0.121. The van der Waals surface area contributed by atoms with Gasteiger partial charge in [-0.15, -0.1) is 0 Å². The lowest BCUT2D eigenvalue weighted by molar-refractivity contribution is -0.122. The first-order chi connectivity index (χ1) is 12.5. The molecule has 1 aliphatic rings. The quantitative estimate of drug-likeness (QED) is 0.563. The first-order valence-corrected chi connectivity index (χ1v) is 9.47. The van der Waals surface area contributed by atoms with E-state index < -0.39 is 0 Å². The van der Waals surface area contributed by atoms with Gasteiger partial charge in [-0.1, -0.05) is 35.6 Å². The monoisotopic (exact) mass is 406 g/mol. The van der Waals surface area contributed by atoms with E-state index in [1.165, 1.54) is 16.7 Å². The van der Waals surface area contributed by atoms with Crippen molar-refractivity contribution in [2.75, 3.05) is 11.9 Å². The zero-order valence-corrected chi connectivity index (χ0v) is 16.0. The van der Waals surface area contributed by atoms with E-state index in [9.17, 15) is 9.59 Å². The van der Waals surface area contributed by atoms with Gasteiger partial charge in [-0.3, -0.25) is 14.5 Å². The van der Waals surface area contributed by atoms with Crippen LogP contribution in [-0.2, 0) is 9.59 Å². The Morgan fingerprint density at radius 1 is 1.31 bits per heavy atom. The highest BCUT2D eigenvalue weighted by Crippen LogP contribution is 2.32. The Bertz CT molecular complexity index is 848. The number of carbonyl (C=O) groups is 2. The van der Waals surface area contributed by atoms with E-state index in [2.05, 4.69) is 5.32 Å². The van der Waals surface area contributed by atoms with Gasteiger partial charge in [0.1, 0.15) is 10.1 Å². The molecule has 1 aromatic carbocycles. The van der Waals surface area contributed by atoms with Crippen LogP contribution in [0.3, 0.4) is 0 Å². The van der Waals surface area contributed by atoms with Crippen LogP contribution in [0.25, 0.3) is 6.08 Å². The summed E-state index contributed by atoms with van der Waals surface area (Å²) in [5.74, 6) is 0.325. The average Bonchev–Trinajstić information content (AvgIpc) is 3.21. The molecule has 1 aliphatic heterocycles. The van der Waals surface area contributed by atoms with Gasteiger partial charge < -0.3 is 9.73 Å². The van der Waals surface area contributed by atoms with Crippen LogP contribution in [0.2, 0.25) is 5.02 Å². The fraction of sp³-hybridized carbons (Fsp3) is 0.167. The van der Waals surface area contributed by atoms with E-state index in [1.807, 2.05) is 0 Å². The number of furan rings is 1. The zero-order valence-electron chi connectivity index (χ0n) is 13.6. The van der Waals surface area contributed by atoms with Gasteiger partial charge >= 0.3 is 0 Å². The number of nitrogens with one attached hydrogen (secondary N) is 1. The van der Waals surface area contributed by atoms with Crippen molar-refractivity contribution in [3.63, 3.8) is 0 Å². The number of benzene rings is 1. The number of anilines is 1. The molecular weight excluding hydrogens is 392 g/mol. The molecule has 1 saturated heterocycles. The van der Waals surface area contributed by atoms with Crippen molar-refractivity contribution in [2.45, 2.75) is 12.8 Å². The Morgan fingerprint density at radius 3 is 2.77 bits per heavy atom. The van der Waals surface area contributed by atoms with Crippen LogP contribution < -0.4 is 5.32 Å². The Balaban J connectivity index is 1.50. The first kappa shape index (κ1) is 18.7. The van der Waals surface area contributed by atoms with Gasteiger partial charge in [0.05, 0.1) is 11.2 Å². The summed E-state index contributed by atoms with van der Waals surface area (Å²) in [6, 6.07) is 10.4. The molecule has 134 valence electrons. The van der Waals surface area contributed by atoms with Crippen LogP contribution in [0.4, 0.5) is 5.69 Å². The first-order valence-electron chi connectivity index (χ1n) is 7.87. The largest absolute Gasteiger partial charge is 0.465 e. The summed E-state index contributed by atoms with van der Waals surface area (Å²) >= 11 is 12.3. The molecule has 0 saturated carbocycles. The van der Waals surface area contributed by atoms with Crippen LogP contribution in [0, 0.1) is 0 Å². The van der Waals surface area contributed by atoms with Crippen molar-refractivity contribution >= 4 is 63.5 Å². The second-order valence-corrected chi connectivity index (χ2v) is 7.62. The maximum absolute atomic E-state index is 12.4. The van der Waals surface area contributed by atoms with Crippen LogP contribution >= 0.6 is 35.6 Å². The third-order valence-electron chi connectivity index (χ3n) is 3.60. The molecule has 2 aromatic rings. The summed E-state index contributed by atoms with van der Waals surface area (Å²) in [6.45, 7) is 0.397. The predicted octanol–water partition coefficient (Wildman–Crippen LogP) is 4.55. The molecule has 0 radical (unpaired) electrons. The van der Waals surface area contributed by atoms with Crippen molar-refractivity contribution in [2.24, 2.45) is 0 Å². The van der Waals surface area contributed by atoms with E-state index in [-0.39, 0.29) is 18.2 Å². The lowest BCUT2D eigenvalue weighted by Crippen LogP contribution is -2.29. The Morgan fingerprint density at radius 2 is 2.08 bits per heavy atom. The number of amides is 2. The van der Waals surface area contributed by atoms with Gasteiger partial charge in [-0.25, -0.2) is 0 Å². The molecule has 8 heteroatoms. The maximum Gasteiger partial charge on any atom is 0.266 e. The van der Waals surface area contributed by atoms with Gasteiger partial charge in [0.25, 0.3) is 5.91 Å². The van der Waals surface area contributed by atoms with Crippen molar-refractivity contribution < 1.29 is 14.0 Å². The molecule has 2 amide bonds. The normalized spacial score (nSPS) is 15.7. The van der Waals surface area contributed by atoms with Crippen molar-refractivity contribution in [3.8, 4) is 0 Å². The molecule has 0 aliphatic carbocycles. The highest BCUT2D eigenvalue weighted by molar-refractivity contribution is 8.26. The topological polar surface area (TPSA) is 62.6 Å². The molecule has 3 rings (SSSR count). The highest BCUT2D eigenvalue weighted by Gasteiger charge is 2.31. The van der Waals surface area contributed by atoms with Gasteiger partial charge in [-0.2, -0.15) is 0 Å². The van der Waals surface area contributed by atoms with Crippen LogP contribution in [0.5, 0.6) is 0 Å². The number of thiocarbonyl (C=S) groups is 1. The number of carbonyl (C=O) groups excluding carboxylic acids is 2. The highest BCUT2D eigenvalue weighted by atomic mass is 35.5. The van der Waals surface area contributed by atoms with E-state index in [0.29, 0.717) is 38.7 Å². The van der Waals surface area contributed by atoms with E-state index in [1.54, 1.807) is 48.7 Å². The molecule has 1 N–H and O–H groups in total. The summed E-state index contributed by atoms with van der Waals surface area (Å²) in [6.07, 6.45) is 4.02. The van der Waals surface area contributed by atoms with Gasteiger partial charge in [0, 0.05) is 29.8 Å². The summed E-state index contributed by atoms with van der Waals surface area (Å²) in [4.78, 5) is 26.5. The number of halogens is 1. The number of hydrogen-bond donors (Lipinski definition) is 1. The molecule has 1 fully saturated rings. The average molecular weight is 407 g/mol. The molecular formula is C18H15ClN2O3S2. The van der Waals surface area contributed by atoms with E-state index in [0.717, 1.165) is 0 Å². The zero-order chi connectivity index (χ0) is 18.5. The van der Waals surface area contributed by atoms with Crippen LogP contribution in [0.15, 0.2) is 52.0 Å². The van der Waals surface area contributed by atoms with Crippen LogP contribution in [-0.4, -0.2) is 27.6 Å². The molecule has 0 bridgehead atoms. The summed E-state index contributed by atoms with van der Waals surface area (Å²) in [5, 5.41) is 3.40. The van der Waals surface area contributed by atoms with Crippen molar-refractivity contribution in [3.05, 3.63) is 58.3 Å². The van der Waals surface area contributed by atoms with Crippen molar-refractivity contribution in [1.82, 2.24) is 4.90 Å². The smallest absolute Gasteiger partial charge is 0.266 e. The van der Waals surface area contributed by atoms with Crippen LogP contribution in [0.1, 0.15) is 18.6 Å². The van der Waals surface area contributed by atoms with E-state index in [4.69, 9.17) is 28.2 Å². The van der Waals surface area contributed by atoms with E-state index >= 15 is 0 Å². The molecule has 5 nitrogen and oxygen atoms in total. The van der Waals surface area contributed by atoms with Gasteiger partial charge in [-0.05, 0) is 42.8 Å². The minimum atomic E-state index is -0.158. The number of hydrogen-bond acceptors (Lipinski definition) is 5. The second kappa shape index (κ2) is 8.53. The Labute approximate surface area is 165 Å². The molecule has 0 unspecified atom stereocenters. The maximum atomic E-state index is 12.4. The summed E-state index contributed by atoms with van der Waals surface area (Å²) in [7, 11) is 0. The summed E-state index contributed by atoms with van der Waals surface area (Å²) in [5.41, 5.74) is 0.686. The van der Waals surface area contributed by atoms with Crippen molar-refractivity contribution in [1.29, 1.82) is 0 Å². The Hall–Kier alpha value is -2.09. The van der Waals surface area contributed by atoms with Gasteiger partial charge in [0.2, 0.25) is 5.91 Å². The molecule has 2 heterocycles. The number of rotatable bonds is 6. The SMILES string of the molecule is O=C(CCCN1C(=O)/C(=C\c2ccco2)SC1=S)Nc1ccc(Cl)cc1. The standard InChI is InChI=1S/C18H15ClN2O3S2/c19-12-5-7-13(8-6-12)20-16(22)4-1-9-21-17(23)15(26-18(21)25)11-14-3-2-10-24-14/h2-3,5-8,10-11H,1,4,9H2,(H,20,22)/b15-11+. The Kier molecular flexibility index (Phi) is 6.13. The molecule has 26 heavy (non-hydrogen) atoms. The molecule has 1 aromatic heterocycles. The predicted molar refractivity (Wildman–Crippen MR) is 108 cm³/mol. The minimum Gasteiger partial charge on any atom is -0.465 e. The third-order valence-corrected chi connectivity index (χ3v) is 5.23. The fourth-order valence-electron chi connectivity index (χ4n) is 2.35. The second-order valence-electron chi connectivity index (χ2n) is 5.51. The summed E-state index contributed by atoms with van der Waals surface area (Å²) < 4.78 is 5.72. The fourth-order valence-corrected chi connectivity index (χ4v) is 3.76. The third kappa shape index (κ3) is 4.75. The number of thioether (sulfide) groups is 1. The van der Waals surface area contributed by atoms with Gasteiger partial charge in [0.15, 0.2) is 0 Å². The number of nitrogens with zero attached hydrogens (tertiary/aromatic N) is 1. The lowest BCUT2D eigenvalue weighted by Gasteiger charge is -2.14. The lowest BCUT2D eigenvalue weighted by atomic mass is 10.2.